The first-order valence-electron chi connectivity index (χ1n) is 5.23. The van der Waals surface area contributed by atoms with Gasteiger partial charge in [-0.1, -0.05) is 12.1 Å². The molecule has 0 spiro atoms. The van der Waals surface area contributed by atoms with E-state index in [9.17, 15) is 0 Å². The normalized spacial score (nSPS) is 10.4. The minimum atomic E-state index is 0.655. The van der Waals surface area contributed by atoms with Crippen LogP contribution < -0.4 is 15.8 Å². The Morgan fingerprint density at radius 3 is 2.94 bits per heavy atom. The highest BCUT2D eigenvalue weighted by molar-refractivity contribution is 5.99. The number of nitrogens with two attached hydrogens (primary N) is 1. The molecule has 1 heterocycles. The minimum absolute atomic E-state index is 0.655. The van der Waals surface area contributed by atoms with Crippen molar-refractivity contribution in [1.82, 2.24) is 4.98 Å². The monoisotopic (exact) mass is 217 g/mol. The van der Waals surface area contributed by atoms with Crippen LogP contribution in [0.1, 0.15) is 6.92 Å². The molecule has 0 saturated carbocycles. The number of ether oxygens (including phenoxy) is 1. The van der Waals surface area contributed by atoms with Crippen LogP contribution in [0.5, 0.6) is 5.75 Å². The Morgan fingerprint density at radius 2 is 2.25 bits per heavy atom. The predicted molar refractivity (Wildman–Crippen MR) is 66.9 cm³/mol. The molecule has 2 aromatic rings. The highest BCUT2D eigenvalue weighted by Gasteiger charge is 2.08. The Balaban J connectivity index is 2.72. The molecule has 0 aliphatic carbocycles. The van der Waals surface area contributed by atoms with Crippen LogP contribution in [0.2, 0.25) is 0 Å². The number of para-hydroxylation sites is 1. The van der Waals surface area contributed by atoms with Crippen molar-refractivity contribution in [3.63, 3.8) is 0 Å². The van der Waals surface area contributed by atoms with Crippen molar-refractivity contribution in [2.24, 2.45) is 0 Å². The van der Waals surface area contributed by atoms with E-state index in [2.05, 4.69) is 10.3 Å². The molecule has 4 heteroatoms. The SMILES string of the molecule is CCNc1c(N)cnc2c(OC)cccc12. The zero-order valence-corrected chi connectivity index (χ0v) is 9.45. The van der Waals surface area contributed by atoms with Crippen LogP contribution in [0.25, 0.3) is 10.9 Å². The minimum Gasteiger partial charge on any atom is -0.494 e. The Kier molecular flexibility index (Phi) is 2.81. The lowest BCUT2D eigenvalue weighted by molar-refractivity contribution is 0.419. The standard InChI is InChI=1S/C12H15N3O/c1-3-14-11-8-5-4-6-10(16-2)12(8)15-7-9(11)13/h4-7H,3,13H2,1-2H3,(H,14,15). The molecule has 0 radical (unpaired) electrons. The molecule has 0 saturated heterocycles. The lowest BCUT2D eigenvalue weighted by Crippen LogP contribution is -2.03. The van der Waals surface area contributed by atoms with E-state index in [1.165, 1.54) is 0 Å². The molecule has 0 aliphatic heterocycles. The average molecular weight is 217 g/mol. The summed E-state index contributed by atoms with van der Waals surface area (Å²) in [7, 11) is 1.64. The predicted octanol–water partition coefficient (Wildman–Crippen LogP) is 2.26. The van der Waals surface area contributed by atoms with Gasteiger partial charge in [-0.3, -0.25) is 4.98 Å². The average Bonchev–Trinajstić information content (AvgIpc) is 2.32. The van der Waals surface area contributed by atoms with Crippen LogP contribution in [0, 0.1) is 0 Å². The zero-order chi connectivity index (χ0) is 11.5. The number of anilines is 2. The van der Waals surface area contributed by atoms with Gasteiger partial charge in [-0.05, 0) is 13.0 Å². The smallest absolute Gasteiger partial charge is 0.145 e. The number of hydrogen-bond acceptors (Lipinski definition) is 4. The third kappa shape index (κ3) is 1.62. The van der Waals surface area contributed by atoms with Gasteiger partial charge < -0.3 is 15.8 Å². The summed E-state index contributed by atoms with van der Waals surface area (Å²) in [5.41, 5.74) is 8.31. The molecule has 84 valence electrons. The van der Waals surface area contributed by atoms with Crippen LogP contribution in [-0.4, -0.2) is 18.6 Å². The summed E-state index contributed by atoms with van der Waals surface area (Å²) in [6.45, 7) is 2.85. The van der Waals surface area contributed by atoms with Gasteiger partial charge >= 0.3 is 0 Å². The maximum absolute atomic E-state index is 5.90. The van der Waals surface area contributed by atoms with E-state index in [4.69, 9.17) is 10.5 Å². The second-order valence-electron chi connectivity index (χ2n) is 3.48. The van der Waals surface area contributed by atoms with Gasteiger partial charge in [0.2, 0.25) is 0 Å². The van der Waals surface area contributed by atoms with Gasteiger partial charge in [-0.15, -0.1) is 0 Å². The number of nitrogens with zero attached hydrogens (tertiary/aromatic N) is 1. The summed E-state index contributed by atoms with van der Waals surface area (Å²) >= 11 is 0. The fraction of sp³-hybridized carbons (Fsp3) is 0.250. The molecule has 3 N–H and O–H groups in total. The highest BCUT2D eigenvalue weighted by atomic mass is 16.5. The molecule has 4 nitrogen and oxygen atoms in total. The Bertz CT molecular complexity index is 511. The molecule has 2 rings (SSSR count). The lowest BCUT2D eigenvalue weighted by atomic mass is 10.1. The molecule has 0 atom stereocenters. The van der Waals surface area contributed by atoms with Gasteiger partial charge in [0.15, 0.2) is 0 Å². The Morgan fingerprint density at radius 1 is 1.44 bits per heavy atom. The van der Waals surface area contributed by atoms with Crippen LogP contribution in [-0.2, 0) is 0 Å². The first-order chi connectivity index (χ1) is 7.77. The molecule has 0 amide bonds. The van der Waals surface area contributed by atoms with Gasteiger partial charge in [0.05, 0.1) is 24.7 Å². The number of hydrogen-bond donors (Lipinski definition) is 2. The summed E-state index contributed by atoms with van der Waals surface area (Å²) < 4.78 is 5.27. The van der Waals surface area contributed by atoms with E-state index in [0.29, 0.717) is 5.69 Å². The van der Waals surface area contributed by atoms with Crippen molar-refractivity contribution in [2.75, 3.05) is 24.7 Å². The molecular weight excluding hydrogens is 202 g/mol. The molecule has 0 unspecified atom stereocenters. The van der Waals surface area contributed by atoms with Crippen LogP contribution in [0.15, 0.2) is 24.4 Å². The highest BCUT2D eigenvalue weighted by Crippen LogP contribution is 2.32. The third-order valence-electron chi connectivity index (χ3n) is 2.46. The summed E-state index contributed by atoms with van der Waals surface area (Å²) in [4.78, 5) is 4.30. The summed E-state index contributed by atoms with van der Waals surface area (Å²) in [6.07, 6.45) is 1.66. The number of fused-ring (bicyclic) bond motifs is 1. The Labute approximate surface area is 94.4 Å². The molecule has 1 aromatic heterocycles. The maximum Gasteiger partial charge on any atom is 0.145 e. The molecule has 0 bridgehead atoms. The molecular formula is C12H15N3O. The summed E-state index contributed by atoms with van der Waals surface area (Å²) in [5.74, 6) is 0.761. The van der Waals surface area contributed by atoms with Gasteiger partial charge in [0.1, 0.15) is 11.3 Å². The summed E-state index contributed by atoms with van der Waals surface area (Å²) in [6, 6.07) is 5.81. The van der Waals surface area contributed by atoms with Crippen molar-refractivity contribution in [3.8, 4) is 5.75 Å². The van der Waals surface area contributed by atoms with Gasteiger partial charge in [-0.25, -0.2) is 0 Å². The second kappa shape index (κ2) is 4.26. The number of pyridine rings is 1. The molecule has 16 heavy (non-hydrogen) atoms. The Hall–Kier alpha value is -1.97. The van der Waals surface area contributed by atoms with Crippen LogP contribution in [0.3, 0.4) is 0 Å². The quantitative estimate of drug-likeness (QED) is 0.827. The van der Waals surface area contributed by atoms with Crippen molar-refractivity contribution in [2.45, 2.75) is 6.92 Å². The molecule has 0 aliphatic rings. The number of nitrogens with one attached hydrogen (secondary N) is 1. The van der Waals surface area contributed by atoms with E-state index >= 15 is 0 Å². The van der Waals surface area contributed by atoms with Crippen molar-refractivity contribution >= 4 is 22.3 Å². The number of nitrogen functional groups attached to an aromatic ring is 1. The topological polar surface area (TPSA) is 60.2 Å². The number of aromatic nitrogens is 1. The number of rotatable bonds is 3. The molecule has 1 aromatic carbocycles. The first-order valence-corrected chi connectivity index (χ1v) is 5.23. The number of methoxy groups -OCH3 is 1. The fourth-order valence-electron chi connectivity index (χ4n) is 1.75. The fourth-order valence-corrected chi connectivity index (χ4v) is 1.75. The van der Waals surface area contributed by atoms with Crippen molar-refractivity contribution in [3.05, 3.63) is 24.4 Å². The van der Waals surface area contributed by atoms with E-state index in [1.54, 1.807) is 13.3 Å². The van der Waals surface area contributed by atoms with E-state index < -0.39 is 0 Å². The lowest BCUT2D eigenvalue weighted by Gasteiger charge is -2.12. The van der Waals surface area contributed by atoms with Crippen LogP contribution in [0.4, 0.5) is 11.4 Å². The van der Waals surface area contributed by atoms with Gasteiger partial charge in [-0.2, -0.15) is 0 Å². The largest absolute Gasteiger partial charge is 0.494 e. The first kappa shape index (κ1) is 10.5. The van der Waals surface area contributed by atoms with E-state index in [1.807, 2.05) is 25.1 Å². The maximum atomic E-state index is 5.90. The van der Waals surface area contributed by atoms with Gasteiger partial charge in [0, 0.05) is 11.9 Å². The van der Waals surface area contributed by atoms with Gasteiger partial charge in [0.25, 0.3) is 0 Å². The molecule has 0 fully saturated rings. The van der Waals surface area contributed by atoms with Crippen molar-refractivity contribution < 1.29 is 4.74 Å². The third-order valence-corrected chi connectivity index (χ3v) is 2.46. The zero-order valence-electron chi connectivity index (χ0n) is 9.45. The number of benzene rings is 1. The second-order valence-corrected chi connectivity index (χ2v) is 3.48. The van der Waals surface area contributed by atoms with E-state index in [0.717, 1.165) is 28.9 Å². The van der Waals surface area contributed by atoms with E-state index in [-0.39, 0.29) is 0 Å². The van der Waals surface area contributed by atoms with Crippen LogP contribution >= 0.6 is 0 Å². The van der Waals surface area contributed by atoms with Crippen molar-refractivity contribution in [1.29, 1.82) is 0 Å². The summed E-state index contributed by atoms with van der Waals surface area (Å²) in [5, 5.41) is 4.24.